The van der Waals surface area contributed by atoms with Crippen LogP contribution in [0.1, 0.15) is 51.0 Å². The summed E-state index contributed by atoms with van der Waals surface area (Å²) in [5, 5.41) is 3.53. The summed E-state index contributed by atoms with van der Waals surface area (Å²) in [6.45, 7) is 5.96. The van der Waals surface area contributed by atoms with E-state index in [0.29, 0.717) is 11.9 Å². The molecule has 2 fully saturated rings. The van der Waals surface area contributed by atoms with Gasteiger partial charge in [0.1, 0.15) is 0 Å². The molecular formula is C23H34N4O. The average Bonchev–Trinajstić information content (AvgIpc) is 3.16. The third-order valence-electron chi connectivity index (χ3n) is 5.87. The maximum absolute atomic E-state index is 12.0. The second-order valence-electron chi connectivity index (χ2n) is 7.72. The van der Waals surface area contributed by atoms with Crippen molar-refractivity contribution in [1.29, 1.82) is 0 Å². The largest absolute Gasteiger partial charge is 0.356 e. The van der Waals surface area contributed by atoms with E-state index in [4.69, 9.17) is 0 Å². The van der Waals surface area contributed by atoms with Gasteiger partial charge in [-0.1, -0.05) is 48.9 Å². The van der Waals surface area contributed by atoms with Gasteiger partial charge in [-0.05, 0) is 37.7 Å². The number of likely N-dealkylation sites (tertiary alicyclic amines) is 2. The lowest BCUT2D eigenvalue weighted by Crippen LogP contribution is -2.46. The van der Waals surface area contributed by atoms with E-state index in [0.717, 1.165) is 70.7 Å². The molecule has 28 heavy (non-hydrogen) atoms. The monoisotopic (exact) mass is 382 g/mol. The second-order valence-corrected chi connectivity index (χ2v) is 7.72. The lowest BCUT2D eigenvalue weighted by Gasteiger charge is -2.32. The van der Waals surface area contributed by atoms with Gasteiger partial charge in [0.15, 0.2) is 5.96 Å². The molecule has 2 saturated heterocycles. The van der Waals surface area contributed by atoms with E-state index < -0.39 is 0 Å². The minimum atomic E-state index is 0.324. The van der Waals surface area contributed by atoms with Gasteiger partial charge in [0.05, 0.1) is 0 Å². The Bertz CT molecular complexity index is 688. The van der Waals surface area contributed by atoms with Crippen LogP contribution < -0.4 is 5.32 Å². The van der Waals surface area contributed by atoms with E-state index in [1.54, 1.807) is 0 Å². The number of aliphatic imine (C=N–C) groups is 1. The number of carbonyl (C=O) groups is 1. The minimum absolute atomic E-state index is 0.324. The first kappa shape index (κ1) is 20.4. The topological polar surface area (TPSA) is 47.9 Å². The maximum Gasteiger partial charge on any atom is 0.222 e. The standard InChI is InChI=1S/C23H34N4O/c1-3-21(27-15-7-10-22(27)28)11-14-25-23(24-2)26-16-12-20(13-17-26)18-19-8-5-4-6-9-19/h4-6,8-9,18,21H,3,7,10-17H2,1-2H3,(H,24,25). The number of guanidine groups is 1. The Balaban J connectivity index is 1.46. The number of hydrogen-bond donors (Lipinski definition) is 1. The number of piperidine rings is 1. The molecule has 0 radical (unpaired) electrons. The van der Waals surface area contributed by atoms with E-state index in [2.05, 4.69) is 63.4 Å². The van der Waals surface area contributed by atoms with Crippen LogP contribution in [0.15, 0.2) is 40.9 Å². The third-order valence-corrected chi connectivity index (χ3v) is 5.87. The van der Waals surface area contributed by atoms with Crippen molar-refractivity contribution >= 4 is 17.9 Å². The van der Waals surface area contributed by atoms with Crippen molar-refractivity contribution in [3.05, 3.63) is 41.5 Å². The first-order chi connectivity index (χ1) is 13.7. The van der Waals surface area contributed by atoms with Gasteiger partial charge in [-0.2, -0.15) is 0 Å². The van der Waals surface area contributed by atoms with E-state index in [9.17, 15) is 4.79 Å². The highest BCUT2D eigenvalue weighted by atomic mass is 16.2. The highest BCUT2D eigenvalue weighted by Gasteiger charge is 2.26. The minimum Gasteiger partial charge on any atom is -0.356 e. The molecule has 0 bridgehead atoms. The molecule has 2 aliphatic heterocycles. The lowest BCUT2D eigenvalue weighted by molar-refractivity contribution is -0.129. The van der Waals surface area contributed by atoms with Gasteiger partial charge >= 0.3 is 0 Å². The molecule has 2 heterocycles. The Morgan fingerprint density at radius 2 is 1.93 bits per heavy atom. The van der Waals surface area contributed by atoms with Gasteiger partial charge in [0.2, 0.25) is 5.91 Å². The van der Waals surface area contributed by atoms with E-state index in [1.807, 2.05) is 7.05 Å². The number of hydrogen-bond acceptors (Lipinski definition) is 2. The summed E-state index contributed by atoms with van der Waals surface area (Å²) in [5.74, 6) is 1.31. The van der Waals surface area contributed by atoms with Crippen molar-refractivity contribution in [1.82, 2.24) is 15.1 Å². The predicted octanol–water partition coefficient (Wildman–Crippen LogP) is 3.53. The van der Waals surface area contributed by atoms with Crippen molar-refractivity contribution in [3.8, 4) is 0 Å². The van der Waals surface area contributed by atoms with Crippen molar-refractivity contribution in [3.63, 3.8) is 0 Å². The highest BCUT2D eigenvalue weighted by Crippen LogP contribution is 2.20. The van der Waals surface area contributed by atoms with Gasteiger partial charge in [-0.15, -0.1) is 0 Å². The van der Waals surface area contributed by atoms with Crippen molar-refractivity contribution in [2.45, 2.75) is 51.5 Å². The number of nitrogens with one attached hydrogen (secondary N) is 1. The molecule has 5 heteroatoms. The molecule has 1 amide bonds. The Kier molecular flexibility index (Phi) is 7.52. The van der Waals surface area contributed by atoms with Crippen LogP contribution in [-0.4, -0.2) is 60.9 Å². The molecule has 0 saturated carbocycles. The van der Waals surface area contributed by atoms with E-state index in [-0.39, 0.29) is 0 Å². The van der Waals surface area contributed by atoms with Gasteiger partial charge in [-0.25, -0.2) is 0 Å². The Hall–Kier alpha value is -2.30. The first-order valence-corrected chi connectivity index (χ1v) is 10.7. The van der Waals surface area contributed by atoms with E-state index >= 15 is 0 Å². The zero-order valence-corrected chi connectivity index (χ0v) is 17.4. The van der Waals surface area contributed by atoms with Crippen LogP contribution in [0.5, 0.6) is 0 Å². The molecule has 2 aliphatic rings. The van der Waals surface area contributed by atoms with Crippen LogP contribution in [0.25, 0.3) is 6.08 Å². The van der Waals surface area contributed by atoms with Crippen LogP contribution in [0.2, 0.25) is 0 Å². The summed E-state index contributed by atoms with van der Waals surface area (Å²) in [6.07, 6.45) is 8.21. The average molecular weight is 383 g/mol. The zero-order valence-electron chi connectivity index (χ0n) is 17.4. The number of amides is 1. The lowest BCUT2D eigenvalue weighted by atomic mass is 10.0. The molecule has 152 valence electrons. The molecule has 1 aromatic rings. The third kappa shape index (κ3) is 5.37. The number of carbonyl (C=O) groups excluding carboxylic acids is 1. The number of nitrogens with zero attached hydrogens (tertiary/aromatic N) is 3. The van der Waals surface area contributed by atoms with Crippen molar-refractivity contribution < 1.29 is 4.79 Å². The number of rotatable bonds is 6. The summed E-state index contributed by atoms with van der Waals surface area (Å²) < 4.78 is 0. The van der Waals surface area contributed by atoms with Gasteiger partial charge in [0.25, 0.3) is 0 Å². The van der Waals surface area contributed by atoms with Crippen LogP contribution >= 0.6 is 0 Å². The normalized spacial score (nSPS) is 19.1. The fraction of sp³-hybridized carbons (Fsp3) is 0.565. The Labute approximate surface area is 169 Å². The quantitative estimate of drug-likeness (QED) is 0.605. The molecular weight excluding hydrogens is 348 g/mol. The van der Waals surface area contributed by atoms with Crippen LogP contribution in [-0.2, 0) is 4.79 Å². The maximum atomic E-state index is 12.0. The fourth-order valence-electron chi connectivity index (χ4n) is 4.25. The van der Waals surface area contributed by atoms with Crippen LogP contribution in [0, 0.1) is 0 Å². The molecule has 1 N–H and O–H groups in total. The summed E-state index contributed by atoms with van der Waals surface area (Å²) in [5.41, 5.74) is 2.80. The van der Waals surface area contributed by atoms with E-state index in [1.165, 1.54) is 11.1 Å². The number of benzene rings is 1. The predicted molar refractivity (Wildman–Crippen MR) is 116 cm³/mol. The van der Waals surface area contributed by atoms with Crippen LogP contribution in [0.3, 0.4) is 0 Å². The summed E-state index contributed by atoms with van der Waals surface area (Å²) >= 11 is 0. The molecule has 1 unspecified atom stereocenters. The Morgan fingerprint density at radius 3 is 2.54 bits per heavy atom. The molecule has 5 nitrogen and oxygen atoms in total. The second kappa shape index (κ2) is 10.3. The molecule has 1 aromatic carbocycles. The Morgan fingerprint density at radius 1 is 1.18 bits per heavy atom. The fourth-order valence-corrected chi connectivity index (χ4v) is 4.25. The first-order valence-electron chi connectivity index (χ1n) is 10.7. The van der Waals surface area contributed by atoms with Crippen molar-refractivity contribution in [2.24, 2.45) is 4.99 Å². The summed E-state index contributed by atoms with van der Waals surface area (Å²) in [6, 6.07) is 10.9. The molecule has 0 aromatic heterocycles. The van der Waals surface area contributed by atoms with Crippen molar-refractivity contribution in [2.75, 3.05) is 33.2 Å². The smallest absolute Gasteiger partial charge is 0.222 e. The molecule has 0 aliphatic carbocycles. The van der Waals surface area contributed by atoms with Gasteiger partial charge < -0.3 is 15.1 Å². The zero-order chi connectivity index (χ0) is 19.8. The summed E-state index contributed by atoms with van der Waals surface area (Å²) in [4.78, 5) is 20.9. The SMILES string of the molecule is CCC(CCNC(=NC)N1CCC(=Cc2ccccc2)CC1)N1CCCC1=O. The van der Waals surface area contributed by atoms with Gasteiger partial charge in [-0.3, -0.25) is 9.79 Å². The molecule has 3 rings (SSSR count). The van der Waals surface area contributed by atoms with Crippen LogP contribution in [0.4, 0.5) is 0 Å². The summed E-state index contributed by atoms with van der Waals surface area (Å²) in [7, 11) is 1.86. The molecule has 0 spiro atoms. The van der Waals surface area contributed by atoms with Gasteiger partial charge in [0, 0.05) is 45.7 Å². The molecule has 1 atom stereocenters. The highest BCUT2D eigenvalue weighted by molar-refractivity contribution is 5.80.